The maximum absolute atomic E-state index is 14.9. The first-order chi connectivity index (χ1) is 17.3. The van der Waals surface area contributed by atoms with Crippen LogP contribution in [0.3, 0.4) is 0 Å². The standard InChI is InChI=1S/C26H24FN3O6/c1-11-12-4-5-17(28-20(32)3-2-6-31)22-14-9-30-19(23(14)29-18(21(12)22)8-16(11)27)7-13-15(25(30)34)10-36-26(35)24(13)33/h7-8,17,24,31,33H,2-6,9-10H2,1H3,(H,28,32). The largest absolute Gasteiger partial charge is 0.458 e. The summed E-state index contributed by atoms with van der Waals surface area (Å²) in [6.07, 6.45) is 0.0676. The van der Waals surface area contributed by atoms with Crippen molar-refractivity contribution in [1.29, 1.82) is 0 Å². The normalized spacial score (nSPS) is 19.5. The number of nitrogens with zero attached hydrogens (tertiary/aromatic N) is 2. The summed E-state index contributed by atoms with van der Waals surface area (Å²) in [6.45, 7) is 1.61. The van der Waals surface area contributed by atoms with Crippen molar-refractivity contribution in [1.82, 2.24) is 14.9 Å². The van der Waals surface area contributed by atoms with Crippen LogP contribution in [-0.2, 0) is 33.9 Å². The Kier molecular flexibility index (Phi) is 5.20. The van der Waals surface area contributed by atoms with Crippen LogP contribution < -0.4 is 10.9 Å². The van der Waals surface area contributed by atoms with Gasteiger partial charge in [0.05, 0.1) is 35.1 Å². The molecule has 2 aliphatic heterocycles. The zero-order valence-electron chi connectivity index (χ0n) is 19.6. The van der Waals surface area contributed by atoms with Crippen molar-refractivity contribution in [3.05, 3.63) is 61.7 Å². The fraction of sp³-hybridized carbons (Fsp3) is 0.385. The zero-order valence-corrected chi connectivity index (χ0v) is 19.6. The molecule has 1 aliphatic carbocycles. The molecule has 4 heterocycles. The van der Waals surface area contributed by atoms with Gasteiger partial charge in [0.15, 0.2) is 6.10 Å². The number of nitrogens with one attached hydrogen (secondary N) is 1. The number of aromatic nitrogens is 2. The van der Waals surface area contributed by atoms with Crippen molar-refractivity contribution in [2.24, 2.45) is 0 Å². The first-order valence-corrected chi connectivity index (χ1v) is 12.0. The molecule has 9 nitrogen and oxygen atoms in total. The van der Waals surface area contributed by atoms with E-state index < -0.39 is 12.1 Å². The Hall–Kier alpha value is -3.63. The summed E-state index contributed by atoms with van der Waals surface area (Å²) in [5, 5.41) is 23.3. The van der Waals surface area contributed by atoms with Crippen LogP contribution in [0.5, 0.6) is 0 Å². The van der Waals surface area contributed by atoms with E-state index in [1.165, 1.54) is 10.6 Å². The number of ether oxygens (including phenoxy) is 1. The summed E-state index contributed by atoms with van der Waals surface area (Å²) >= 11 is 0. The molecule has 2 unspecified atom stereocenters. The number of fused-ring (bicyclic) bond motifs is 5. The van der Waals surface area contributed by atoms with Gasteiger partial charge in [0.2, 0.25) is 5.91 Å². The number of aliphatic hydroxyl groups is 2. The number of pyridine rings is 2. The average Bonchev–Trinajstić information content (AvgIpc) is 3.23. The highest BCUT2D eigenvalue weighted by Gasteiger charge is 2.37. The number of aliphatic hydroxyl groups excluding tert-OH is 2. The maximum atomic E-state index is 14.9. The Morgan fingerprint density at radius 3 is 2.86 bits per heavy atom. The van der Waals surface area contributed by atoms with Crippen molar-refractivity contribution in [3.63, 3.8) is 0 Å². The number of benzene rings is 1. The van der Waals surface area contributed by atoms with Gasteiger partial charge in [0.25, 0.3) is 5.56 Å². The number of hydrogen-bond acceptors (Lipinski definition) is 7. The second-order valence-corrected chi connectivity index (χ2v) is 9.56. The fourth-order valence-corrected chi connectivity index (χ4v) is 5.75. The van der Waals surface area contributed by atoms with Gasteiger partial charge in [0, 0.05) is 35.6 Å². The van der Waals surface area contributed by atoms with Gasteiger partial charge in [-0.3, -0.25) is 9.59 Å². The van der Waals surface area contributed by atoms with E-state index in [0.29, 0.717) is 41.7 Å². The van der Waals surface area contributed by atoms with Crippen molar-refractivity contribution < 1.29 is 28.9 Å². The Morgan fingerprint density at radius 1 is 1.28 bits per heavy atom. The van der Waals surface area contributed by atoms with Crippen molar-refractivity contribution >= 4 is 22.8 Å². The topological polar surface area (TPSA) is 131 Å². The number of hydrogen-bond donors (Lipinski definition) is 3. The second-order valence-electron chi connectivity index (χ2n) is 9.56. The Morgan fingerprint density at radius 2 is 2.08 bits per heavy atom. The number of carbonyl (C=O) groups excluding carboxylic acids is 2. The first-order valence-electron chi connectivity index (χ1n) is 12.0. The molecule has 6 rings (SSSR count). The molecule has 0 saturated heterocycles. The molecule has 1 amide bonds. The first kappa shape index (κ1) is 22.8. The number of halogens is 1. The van der Waals surface area contributed by atoms with Gasteiger partial charge in [-0.1, -0.05) is 0 Å². The number of amides is 1. The maximum Gasteiger partial charge on any atom is 0.340 e. The zero-order chi connectivity index (χ0) is 25.3. The molecule has 1 aromatic carbocycles. The molecule has 2 aromatic heterocycles. The van der Waals surface area contributed by atoms with Gasteiger partial charge in [-0.05, 0) is 48.9 Å². The lowest BCUT2D eigenvalue weighted by Gasteiger charge is -2.29. The van der Waals surface area contributed by atoms with E-state index in [1.807, 2.05) is 0 Å². The van der Waals surface area contributed by atoms with Crippen molar-refractivity contribution in [2.75, 3.05) is 6.61 Å². The Bertz CT molecular complexity index is 1550. The molecule has 186 valence electrons. The van der Waals surface area contributed by atoms with Gasteiger partial charge in [-0.25, -0.2) is 14.2 Å². The molecule has 0 spiro atoms. The molecule has 3 aliphatic rings. The van der Waals surface area contributed by atoms with E-state index in [4.69, 9.17) is 14.8 Å². The smallest absolute Gasteiger partial charge is 0.340 e. The molecule has 0 radical (unpaired) electrons. The highest BCUT2D eigenvalue weighted by Crippen LogP contribution is 2.45. The molecular formula is C26H24FN3O6. The molecule has 3 N–H and O–H groups in total. The molecule has 2 atom stereocenters. The van der Waals surface area contributed by atoms with E-state index in [0.717, 1.165) is 22.1 Å². The third-order valence-corrected chi connectivity index (χ3v) is 7.54. The van der Waals surface area contributed by atoms with E-state index >= 15 is 0 Å². The van der Waals surface area contributed by atoms with E-state index in [1.54, 1.807) is 13.0 Å². The van der Waals surface area contributed by atoms with Crippen LogP contribution in [0.4, 0.5) is 4.39 Å². The average molecular weight is 493 g/mol. The monoisotopic (exact) mass is 493 g/mol. The van der Waals surface area contributed by atoms with E-state index in [-0.39, 0.29) is 60.6 Å². The lowest BCUT2D eigenvalue weighted by atomic mass is 9.81. The predicted molar refractivity (Wildman–Crippen MR) is 126 cm³/mol. The molecule has 3 aromatic rings. The number of esters is 1. The van der Waals surface area contributed by atoms with Crippen LogP contribution in [-0.4, -0.2) is 38.2 Å². The summed E-state index contributed by atoms with van der Waals surface area (Å²) in [4.78, 5) is 42.7. The molecular weight excluding hydrogens is 469 g/mol. The highest BCUT2D eigenvalue weighted by molar-refractivity contribution is 5.93. The van der Waals surface area contributed by atoms with Crippen LogP contribution in [0.25, 0.3) is 22.3 Å². The predicted octanol–water partition coefficient (Wildman–Crippen LogP) is 1.84. The molecule has 0 fully saturated rings. The van der Waals surface area contributed by atoms with Crippen molar-refractivity contribution in [2.45, 2.75) is 57.9 Å². The van der Waals surface area contributed by atoms with Gasteiger partial charge >= 0.3 is 5.97 Å². The van der Waals surface area contributed by atoms with Crippen LogP contribution in [0, 0.1) is 12.7 Å². The van der Waals surface area contributed by atoms with Gasteiger partial charge in [-0.2, -0.15) is 0 Å². The van der Waals surface area contributed by atoms with Gasteiger partial charge in [0.1, 0.15) is 12.4 Å². The van der Waals surface area contributed by atoms with Crippen LogP contribution in [0.2, 0.25) is 0 Å². The fourth-order valence-electron chi connectivity index (χ4n) is 5.75. The summed E-state index contributed by atoms with van der Waals surface area (Å²) in [5.41, 5.74) is 4.29. The van der Waals surface area contributed by atoms with Crippen LogP contribution in [0.15, 0.2) is 16.9 Å². The summed E-state index contributed by atoms with van der Waals surface area (Å²) in [7, 11) is 0. The van der Waals surface area contributed by atoms with Crippen LogP contribution >= 0.6 is 0 Å². The highest BCUT2D eigenvalue weighted by atomic mass is 19.1. The third kappa shape index (κ3) is 3.21. The minimum absolute atomic E-state index is 0.0880. The number of carbonyl (C=O) groups is 2. The second kappa shape index (κ2) is 8.21. The van der Waals surface area contributed by atoms with E-state index in [9.17, 15) is 23.9 Å². The summed E-state index contributed by atoms with van der Waals surface area (Å²) in [5.74, 6) is -1.39. The van der Waals surface area contributed by atoms with E-state index in [2.05, 4.69) is 5.32 Å². The lowest BCUT2D eigenvalue weighted by molar-refractivity contribution is -0.157. The summed E-state index contributed by atoms with van der Waals surface area (Å²) < 4.78 is 21.3. The Labute approximate surface area is 204 Å². The quantitative estimate of drug-likeness (QED) is 0.370. The van der Waals surface area contributed by atoms with Gasteiger partial charge < -0.3 is 24.8 Å². The molecule has 0 saturated carbocycles. The molecule has 0 bridgehead atoms. The number of rotatable bonds is 4. The summed E-state index contributed by atoms with van der Waals surface area (Å²) in [6, 6.07) is 2.59. The lowest BCUT2D eigenvalue weighted by Crippen LogP contribution is -2.33. The van der Waals surface area contributed by atoms with Crippen LogP contribution in [0.1, 0.15) is 64.8 Å². The van der Waals surface area contributed by atoms with Gasteiger partial charge in [-0.15, -0.1) is 0 Å². The number of cyclic esters (lactones) is 1. The minimum atomic E-state index is -1.57. The SMILES string of the molecule is Cc1c(F)cc2nc3c(c4c2c1CCC4NC(=O)CCCO)Cn1c-3cc2c(c1=O)COC(=O)C2O. The number of aryl methyl sites for hydroxylation is 1. The van der Waals surface area contributed by atoms with Crippen molar-refractivity contribution in [3.8, 4) is 11.4 Å². The molecule has 36 heavy (non-hydrogen) atoms. The molecule has 10 heteroatoms. The minimum Gasteiger partial charge on any atom is -0.458 e. The Balaban J connectivity index is 1.59. The third-order valence-electron chi connectivity index (χ3n) is 7.54.